The minimum absolute atomic E-state index is 0.0924. The zero-order valence-corrected chi connectivity index (χ0v) is 13.6. The normalized spacial score (nSPS) is 12.3. The first-order chi connectivity index (χ1) is 11.5. The van der Waals surface area contributed by atoms with Gasteiger partial charge >= 0.3 is 0 Å². The first kappa shape index (κ1) is 16.1. The predicted molar refractivity (Wildman–Crippen MR) is 86.3 cm³/mol. The molecule has 2 aromatic heterocycles. The van der Waals surface area contributed by atoms with Gasteiger partial charge in [0.25, 0.3) is 0 Å². The summed E-state index contributed by atoms with van der Waals surface area (Å²) in [6.07, 6.45) is 1.32. The number of ketones is 1. The summed E-state index contributed by atoms with van der Waals surface area (Å²) in [4.78, 5) is 20.1. The van der Waals surface area contributed by atoms with Crippen LogP contribution in [0.4, 0.5) is 4.39 Å². The quantitative estimate of drug-likeness (QED) is 0.336. The predicted octanol–water partition coefficient (Wildman–Crippen LogP) is 2.82. The number of nitrogens with zero attached hydrogens (tertiary/aromatic N) is 5. The van der Waals surface area contributed by atoms with Crippen LogP contribution in [0.1, 0.15) is 13.8 Å². The Hall–Kier alpha value is -2.81. The highest BCUT2D eigenvalue weighted by molar-refractivity contribution is 8.04. The van der Waals surface area contributed by atoms with Crippen LogP contribution in [0, 0.1) is 5.82 Å². The highest BCUT2D eigenvalue weighted by atomic mass is 32.2. The number of aliphatic hydroxyl groups is 1. The molecule has 1 N–H and O–H groups in total. The Bertz CT molecular complexity index is 948. The summed E-state index contributed by atoms with van der Waals surface area (Å²) in [7, 11) is 0. The number of Topliss-reactive ketones (excluding diaryl/α,β-unsaturated/α-hetero) is 1. The van der Waals surface area contributed by atoms with E-state index in [1.165, 1.54) is 37.0 Å². The standard InChI is InChI=1S/C15H12FN5O2S/c1-8(22)13(9(2)23)24-15-12-14(17-7-18-15)21(20-19-12)11-5-3-10(16)4-6-11/h3-7,22H,1-2H3/b13-8-. The Morgan fingerprint density at radius 2 is 1.92 bits per heavy atom. The van der Waals surface area contributed by atoms with E-state index in [4.69, 9.17) is 0 Å². The van der Waals surface area contributed by atoms with E-state index in [2.05, 4.69) is 20.3 Å². The number of hydrogen-bond donors (Lipinski definition) is 1. The zero-order chi connectivity index (χ0) is 17.3. The van der Waals surface area contributed by atoms with E-state index in [0.29, 0.717) is 21.9 Å². The zero-order valence-electron chi connectivity index (χ0n) is 12.8. The number of carbonyl (C=O) groups is 1. The van der Waals surface area contributed by atoms with Crippen molar-refractivity contribution in [1.29, 1.82) is 0 Å². The second kappa shape index (κ2) is 6.36. The summed E-state index contributed by atoms with van der Waals surface area (Å²) >= 11 is 0.999. The Kier molecular flexibility index (Phi) is 4.26. The lowest BCUT2D eigenvalue weighted by Crippen LogP contribution is -1.99. The second-order valence-corrected chi connectivity index (χ2v) is 5.90. The van der Waals surface area contributed by atoms with Gasteiger partial charge in [-0.1, -0.05) is 17.0 Å². The highest BCUT2D eigenvalue weighted by Gasteiger charge is 2.18. The van der Waals surface area contributed by atoms with Crippen LogP contribution in [-0.2, 0) is 4.79 Å². The monoisotopic (exact) mass is 345 g/mol. The third-order valence-electron chi connectivity index (χ3n) is 3.12. The Morgan fingerprint density at radius 3 is 2.54 bits per heavy atom. The van der Waals surface area contributed by atoms with Gasteiger partial charge in [0, 0.05) is 0 Å². The summed E-state index contributed by atoms with van der Waals surface area (Å²) in [6.45, 7) is 2.79. The molecule has 0 aliphatic heterocycles. The summed E-state index contributed by atoms with van der Waals surface area (Å²) in [5.74, 6) is -0.730. The SMILES string of the molecule is CC(=O)/C(Sc1ncnc2c1nnn2-c1ccc(F)cc1)=C(\C)O. The first-order valence-corrected chi connectivity index (χ1v) is 7.70. The summed E-state index contributed by atoms with van der Waals surface area (Å²) in [6, 6.07) is 5.73. The third kappa shape index (κ3) is 2.98. The molecule has 3 rings (SSSR count). The smallest absolute Gasteiger partial charge is 0.187 e. The van der Waals surface area contributed by atoms with E-state index in [9.17, 15) is 14.3 Å². The molecular weight excluding hydrogens is 333 g/mol. The van der Waals surface area contributed by atoms with Crippen LogP contribution in [0.3, 0.4) is 0 Å². The number of allylic oxidation sites excluding steroid dienone is 2. The number of benzene rings is 1. The lowest BCUT2D eigenvalue weighted by molar-refractivity contribution is -0.113. The van der Waals surface area contributed by atoms with Gasteiger partial charge in [-0.15, -0.1) is 5.10 Å². The number of rotatable bonds is 4. The number of thioether (sulfide) groups is 1. The average molecular weight is 345 g/mol. The molecule has 0 bridgehead atoms. The van der Waals surface area contributed by atoms with Crippen molar-refractivity contribution in [3.05, 3.63) is 47.1 Å². The van der Waals surface area contributed by atoms with Crippen molar-refractivity contribution in [2.45, 2.75) is 18.9 Å². The van der Waals surface area contributed by atoms with Gasteiger partial charge in [0.15, 0.2) is 16.9 Å². The van der Waals surface area contributed by atoms with Crippen LogP contribution in [-0.4, -0.2) is 35.9 Å². The Morgan fingerprint density at radius 1 is 1.21 bits per heavy atom. The Balaban J connectivity index is 2.08. The lowest BCUT2D eigenvalue weighted by Gasteiger charge is -2.05. The van der Waals surface area contributed by atoms with E-state index >= 15 is 0 Å². The maximum absolute atomic E-state index is 13.1. The van der Waals surface area contributed by atoms with E-state index < -0.39 is 0 Å². The number of halogens is 1. The van der Waals surface area contributed by atoms with Crippen molar-refractivity contribution in [2.24, 2.45) is 0 Å². The maximum Gasteiger partial charge on any atom is 0.187 e. The molecule has 9 heteroatoms. The largest absolute Gasteiger partial charge is 0.511 e. The molecule has 0 radical (unpaired) electrons. The molecule has 1 aromatic carbocycles. The molecular formula is C15H12FN5O2S. The molecule has 122 valence electrons. The molecule has 0 aliphatic carbocycles. The van der Waals surface area contributed by atoms with Gasteiger partial charge in [-0.2, -0.15) is 4.68 Å². The molecule has 0 atom stereocenters. The van der Waals surface area contributed by atoms with Gasteiger partial charge in [0.05, 0.1) is 10.6 Å². The summed E-state index contributed by atoms with van der Waals surface area (Å²) in [5.41, 5.74) is 1.39. The Labute approximate surface area is 140 Å². The number of carbonyl (C=O) groups excluding carboxylic acids is 1. The number of hydrogen-bond acceptors (Lipinski definition) is 7. The lowest BCUT2D eigenvalue weighted by atomic mass is 10.3. The van der Waals surface area contributed by atoms with Crippen LogP contribution in [0.25, 0.3) is 16.9 Å². The first-order valence-electron chi connectivity index (χ1n) is 6.88. The number of aliphatic hydroxyl groups excluding tert-OH is 1. The fraction of sp³-hybridized carbons (Fsp3) is 0.133. The van der Waals surface area contributed by atoms with Gasteiger partial charge in [-0.05, 0) is 38.1 Å². The van der Waals surface area contributed by atoms with Gasteiger partial charge < -0.3 is 5.11 Å². The van der Waals surface area contributed by atoms with Crippen LogP contribution in [0.15, 0.2) is 46.3 Å². The van der Waals surface area contributed by atoms with Crippen molar-refractivity contribution < 1.29 is 14.3 Å². The van der Waals surface area contributed by atoms with Crippen molar-refractivity contribution in [3.63, 3.8) is 0 Å². The van der Waals surface area contributed by atoms with Crippen molar-refractivity contribution in [1.82, 2.24) is 25.0 Å². The molecule has 0 spiro atoms. The highest BCUT2D eigenvalue weighted by Crippen LogP contribution is 2.31. The van der Waals surface area contributed by atoms with Gasteiger partial charge in [-0.25, -0.2) is 14.4 Å². The van der Waals surface area contributed by atoms with Gasteiger partial charge in [0.2, 0.25) is 0 Å². The topological polar surface area (TPSA) is 93.8 Å². The molecule has 0 saturated heterocycles. The molecule has 3 aromatic rings. The fourth-order valence-corrected chi connectivity index (χ4v) is 2.87. The van der Waals surface area contributed by atoms with Crippen molar-refractivity contribution >= 4 is 28.7 Å². The minimum Gasteiger partial charge on any atom is -0.511 e. The van der Waals surface area contributed by atoms with E-state index in [0.717, 1.165) is 11.8 Å². The van der Waals surface area contributed by atoms with E-state index in [-0.39, 0.29) is 22.3 Å². The second-order valence-electron chi connectivity index (χ2n) is 4.90. The molecule has 0 fully saturated rings. The van der Waals surface area contributed by atoms with Crippen LogP contribution >= 0.6 is 11.8 Å². The van der Waals surface area contributed by atoms with Crippen molar-refractivity contribution in [2.75, 3.05) is 0 Å². The van der Waals surface area contributed by atoms with E-state index in [1.54, 1.807) is 12.1 Å². The molecule has 2 heterocycles. The fourth-order valence-electron chi connectivity index (χ4n) is 2.06. The number of aromatic nitrogens is 5. The minimum atomic E-state index is -0.358. The molecule has 7 nitrogen and oxygen atoms in total. The number of fused-ring (bicyclic) bond motifs is 1. The van der Waals surface area contributed by atoms with Gasteiger partial charge in [0.1, 0.15) is 22.9 Å². The van der Waals surface area contributed by atoms with Crippen LogP contribution in [0.5, 0.6) is 0 Å². The summed E-state index contributed by atoms with van der Waals surface area (Å²) in [5, 5.41) is 18.1. The molecule has 24 heavy (non-hydrogen) atoms. The molecule has 0 amide bonds. The van der Waals surface area contributed by atoms with Gasteiger partial charge in [-0.3, -0.25) is 4.79 Å². The van der Waals surface area contributed by atoms with Crippen molar-refractivity contribution in [3.8, 4) is 5.69 Å². The average Bonchev–Trinajstić information content (AvgIpc) is 2.97. The third-order valence-corrected chi connectivity index (χ3v) is 4.40. The molecule has 0 saturated carbocycles. The van der Waals surface area contributed by atoms with Crippen LogP contribution < -0.4 is 0 Å². The summed E-state index contributed by atoms with van der Waals surface area (Å²) < 4.78 is 14.5. The van der Waals surface area contributed by atoms with E-state index in [1.807, 2.05) is 0 Å². The molecule has 0 unspecified atom stereocenters. The maximum atomic E-state index is 13.1. The molecule has 0 aliphatic rings. The van der Waals surface area contributed by atoms with Crippen LogP contribution in [0.2, 0.25) is 0 Å².